The summed E-state index contributed by atoms with van der Waals surface area (Å²) in [4.78, 5) is 13.9. The van der Waals surface area contributed by atoms with Crippen LogP contribution >= 0.6 is 0 Å². The van der Waals surface area contributed by atoms with E-state index in [0.29, 0.717) is 6.42 Å². The summed E-state index contributed by atoms with van der Waals surface area (Å²) in [6, 6.07) is 9.86. The summed E-state index contributed by atoms with van der Waals surface area (Å²) in [6.45, 7) is 1.65. The van der Waals surface area contributed by atoms with Gasteiger partial charge in [0.1, 0.15) is 6.04 Å². The highest BCUT2D eigenvalue weighted by atomic mass is 16.5. The third kappa shape index (κ3) is 2.94. The van der Waals surface area contributed by atoms with E-state index in [1.807, 2.05) is 30.3 Å². The minimum atomic E-state index is -0.183. The molecule has 90 valence electrons. The second kappa shape index (κ2) is 5.64. The highest BCUT2D eigenvalue weighted by molar-refractivity contribution is 5.76. The van der Waals surface area contributed by atoms with E-state index >= 15 is 0 Å². The van der Waals surface area contributed by atoms with Crippen molar-refractivity contribution in [3.05, 3.63) is 48.0 Å². The first-order valence-electron chi connectivity index (χ1n) is 5.82. The number of benzene rings is 1. The van der Waals surface area contributed by atoms with Gasteiger partial charge in [0.2, 0.25) is 0 Å². The molecule has 0 radical (unpaired) electrons. The molecular weight excluding hydrogens is 214 g/mol. The molecule has 1 aromatic carbocycles. The molecule has 0 aliphatic carbocycles. The summed E-state index contributed by atoms with van der Waals surface area (Å²) in [7, 11) is 1.45. The quantitative estimate of drug-likeness (QED) is 0.583. The van der Waals surface area contributed by atoms with Gasteiger partial charge in [-0.3, -0.25) is 9.69 Å². The van der Waals surface area contributed by atoms with Crippen LogP contribution in [0.15, 0.2) is 42.5 Å². The minimum Gasteiger partial charge on any atom is -0.468 e. The van der Waals surface area contributed by atoms with Crippen LogP contribution in [0.2, 0.25) is 0 Å². The van der Waals surface area contributed by atoms with Crippen molar-refractivity contribution in [2.24, 2.45) is 0 Å². The largest absolute Gasteiger partial charge is 0.468 e. The molecule has 1 atom stereocenters. The summed E-state index contributed by atoms with van der Waals surface area (Å²) >= 11 is 0. The predicted molar refractivity (Wildman–Crippen MR) is 66.7 cm³/mol. The number of hydrogen-bond acceptors (Lipinski definition) is 3. The normalized spacial score (nSPS) is 17.0. The summed E-state index contributed by atoms with van der Waals surface area (Å²) in [5.41, 5.74) is 1.16. The van der Waals surface area contributed by atoms with Crippen molar-refractivity contribution >= 4 is 5.97 Å². The first kappa shape index (κ1) is 11.9. The number of nitrogens with zero attached hydrogens (tertiary/aromatic N) is 1. The highest BCUT2D eigenvalue weighted by Gasteiger charge is 2.27. The molecule has 0 fully saturated rings. The minimum absolute atomic E-state index is 0.155. The van der Waals surface area contributed by atoms with Gasteiger partial charge in [0.05, 0.1) is 7.11 Å². The molecular formula is C14H17NO2. The van der Waals surface area contributed by atoms with E-state index < -0.39 is 0 Å². The van der Waals surface area contributed by atoms with Crippen LogP contribution in [0.5, 0.6) is 0 Å². The number of ether oxygens (including phenoxy) is 1. The molecule has 2 rings (SSSR count). The van der Waals surface area contributed by atoms with Gasteiger partial charge in [0, 0.05) is 13.1 Å². The zero-order valence-electron chi connectivity index (χ0n) is 10.0. The Kier molecular flexibility index (Phi) is 3.94. The van der Waals surface area contributed by atoms with Crippen molar-refractivity contribution in [1.29, 1.82) is 0 Å². The summed E-state index contributed by atoms with van der Waals surface area (Å²) < 4.78 is 4.89. The highest BCUT2D eigenvalue weighted by Crippen LogP contribution is 2.13. The lowest BCUT2D eigenvalue weighted by atomic mass is 10.1. The van der Waals surface area contributed by atoms with E-state index in [1.165, 1.54) is 7.11 Å². The van der Waals surface area contributed by atoms with Gasteiger partial charge in [0.15, 0.2) is 0 Å². The first-order chi connectivity index (χ1) is 8.31. The van der Waals surface area contributed by atoms with E-state index in [2.05, 4.69) is 17.1 Å². The molecule has 0 amide bonds. The summed E-state index contributed by atoms with van der Waals surface area (Å²) in [6.07, 6.45) is 4.87. The predicted octanol–water partition coefficient (Wildman–Crippen LogP) is 1.64. The number of rotatable bonds is 4. The smallest absolute Gasteiger partial charge is 0.323 e. The average Bonchev–Trinajstić information content (AvgIpc) is 2.90. The molecule has 1 unspecified atom stereocenters. The third-order valence-electron chi connectivity index (χ3n) is 3.03. The van der Waals surface area contributed by atoms with Crippen molar-refractivity contribution in [2.75, 3.05) is 20.2 Å². The van der Waals surface area contributed by atoms with Crippen LogP contribution in [-0.2, 0) is 16.0 Å². The van der Waals surface area contributed by atoms with Gasteiger partial charge in [-0.05, 0) is 12.0 Å². The lowest BCUT2D eigenvalue weighted by Crippen LogP contribution is -2.42. The Balaban J connectivity index is 2.08. The van der Waals surface area contributed by atoms with E-state index in [-0.39, 0.29) is 12.0 Å². The van der Waals surface area contributed by atoms with Crippen LogP contribution < -0.4 is 0 Å². The standard InChI is InChI=1S/C14H17NO2/c1-17-14(16)13(15-9-5-6-10-15)11-12-7-3-2-4-8-12/h2-8,13H,9-11H2,1H3. The van der Waals surface area contributed by atoms with E-state index in [1.54, 1.807) is 0 Å². The third-order valence-corrected chi connectivity index (χ3v) is 3.03. The molecule has 1 aliphatic rings. The number of methoxy groups -OCH3 is 1. The Morgan fingerprint density at radius 1 is 1.29 bits per heavy atom. The Hall–Kier alpha value is -1.61. The van der Waals surface area contributed by atoms with Crippen molar-refractivity contribution < 1.29 is 9.53 Å². The van der Waals surface area contributed by atoms with E-state index in [0.717, 1.165) is 18.7 Å². The summed E-state index contributed by atoms with van der Waals surface area (Å²) in [5.74, 6) is -0.155. The monoisotopic (exact) mass is 231 g/mol. The molecule has 1 aliphatic heterocycles. The maximum absolute atomic E-state index is 11.8. The zero-order chi connectivity index (χ0) is 12.1. The second-order valence-electron chi connectivity index (χ2n) is 4.15. The van der Waals surface area contributed by atoms with Crippen LogP contribution in [0, 0.1) is 0 Å². The van der Waals surface area contributed by atoms with E-state index in [9.17, 15) is 4.79 Å². The Labute approximate surface area is 102 Å². The number of carbonyl (C=O) groups excluding carboxylic acids is 1. The number of hydrogen-bond donors (Lipinski definition) is 0. The fraction of sp³-hybridized carbons (Fsp3) is 0.357. The van der Waals surface area contributed by atoms with Crippen molar-refractivity contribution in [1.82, 2.24) is 4.90 Å². The van der Waals surface area contributed by atoms with Gasteiger partial charge < -0.3 is 4.74 Å². The van der Waals surface area contributed by atoms with Crippen molar-refractivity contribution in [3.8, 4) is 0 Å². The van der Waals surface area contributed by atoms with Gasteiger partial charge >= 0.3 is 5.97 Å². The molecule has 0 bridgehead atoms. The fourth-order valence-electron chi connectivity index (χ4n) is 2.08. The Morgan fingerprint density at radius 2 is 1.94 bits per heavy atom. The van der Waals surface area contributed by atoms with Gasteiger partial charge in [-0.1, -0.05) is 42.5 Å². The van der Waals surface area contributed by atoms with Gasteiger partial charge in [-0.25, -0.2) is 0 Å². The van der Waals surface area contributed by atoms with Gasteiger partial charge in [-0.2, -0.15) is 0 Å². The maximum atomic E-state index is 11.8. The molecule has 3 heteroatoms. The molecule has 0 saturated carbocycles. The summed E-state index contributed by atoms with van der Waals surface area (Å²) in [5, 5.41) is 0. The average molecular weight is 231 g/mol. The Morgan fingerprint density at radius 3 is 2.53 bits per heavy atom. The molecule has 0 N–H and O–H groups in total. The number of esters is 1. The zero-order valence-corrected chi connectivity index (χ0v) is 10.0. The van der Waals surface area contributed by atoms with Crippen LogP contribution in [0.3, 0.4) is 0 Å². The fourth-order valence-corrected chi connectivity index (χ4v) is 2.08. The van der Waals surface area contributed by atoms with Crippen LogP contribution in [0.1, 0.15) is 5.56 Å². The van der Waals surface area contributed by atoms with Crippen LogP contribution in [0.4, 0.5) is 0 Å². The molecule has 17 heavy (non-hydrogen) atoms. The number of carbonyl (C=O) groups is 1. The second-order valence-corrected chi connectivity index (χ2v) is 4.15. The topological polar surface area (TPSA) is 29.5 Å². The molecule has 0 aromatic heterocycles. The van der Waals surface area contributed by atoms with Crippen molar-refractivity contribution in [2.45, 2.75) is 12.5 Å². The van der Waals surface area contributed by atoms with E-state index in [4.69, 9.17) is 4.74 Å². The van der Waals surface area contributed by atoms with Crippen LogP contribution in [0.25, 0.3) is 0 Å². The molecule has 3 nitrogen and oxygen atoms in total. The SMILES string of the molecule is COC(=O)C(Cc1ccccc1)N1CC=CC1. The maximum Gasteiger partial charge on any atom is 0.323 e. The first-order valence-corrected chi connectivity index (χ1v) is 5.82. The van der Waals surface area contributed by atoms with Crippen LogP contribution in [-0.4, -0.2) is 37.1 Å². The molecule has 1 heterocycles. The lowest BCUT2D eigenvalue weighted by Gasteiger charge is -2.25. The lowest BCUT2D eigenvalue weighted by molar-refractivity contribution is -0.146. The molecule has 0 spiro atoms. The van der Waals surface area contributed by atoms with Gasteiger partial charge in [-0.15, -0.1) is 0 Å². The van der Waals surface area contributed by atoms with Crippen molar-refractivity contribution in [3.63, 3.8) is 0 Å². The van der Waals surface area contributed by atoms with Gasteiger partial charge in [0.25, 0.3) is 0 Å². The molecule has 0 saturated heterocycles. The Bertz CT molecular complexity index is 392. The molecule has 1 aromatic rings.